The molecular formula is C19H27NO3. The zero-order valence-corrected chi connectivity index (χ0v) is 13.9. The van der Waals surface area contributed by atoms with E-state index in [9.17, 15) is 9.90 Å². The first kappa shape index (κ1) is 17.5. The van der Waals surface area contributed by atoms with E-state index in [1.54, 1.807) is 0 Å². The Morgan fingerprint density at radius 1 is 1.30 bits per heavy atom. The van der Waals surface area contributed by atoms with Gasteiger partial charge in [0.1, 0.15) is 5.75 Å². The van der Waals surface area contributed by atoms with E-state index in [1.807, 2.05) is 29.2 Å². The Balaban J connectivity index is 2.02. The standard InChI is InChI=1S/C19H27NO3/c1-3-13-23-18-11-5-15(6-12-18)14-20(19(22)4-2)16-7-9-17(21)10-8-16/h4-6,11-12,16-17,21H,2-3,7-10,13-14H2,1H3. The summed E-state index contributed by atoms with van der Waals surface area (Å²) in [5.74, 6) is 0.815. The third kappa shape index (κ3) is 5.10. The maximum absolute atomic E-state index is 12.2. The van der Waals surface area contributed by atoms with Crippen LogP contribution in [-0.4, -0.2) is 34.7 Å². The zero-order valence-electron chi connectivity index (χ0n) is 13.9. The van der Waals surface area contributed by atoms with E-state index in [-0.39, 0.29) is 18.1 Å². The molecule has 1 saturated carbocycles. The topological polar surface area (TPSA) is 49.8 Å². The molecule has 0 aromatic heterocycles. The second-order valence-corrected chi connectivity index (χ2v) is 6.13. The van der Waals surface area contributed by atoms with Gasteiger partial charge in [-0.2, -0.15) is 0 Å². The smallest absolute Gasteiger partial charge is 0.246 e. The second-order valence-electron chi connectivity index (χ2n) is 6.13. The van der Waals surface area contributed by atoms with Crippen LogP contribution in [0, 0.1) is 0 Å². The van der Waals surface area contributed by atoms with Gasteiger partial charge in [-0.1, -0.05) is 25.6 Å². The van der Waals surface area contributed by atoms with Gasteiger partial charge in [0.15, 0.2) is 0 Å². The fourth-order valence-electron chi connectivity index (χ4n) is 2.98. The van der Waals surface area contributed by atoms with Crippen molar-refractivity contribution in [1.82, 2.24) is 4.90 Å². The van der Waals surface area contributed by atoms with Gasteiger partial charge >= 0.3 is 0 Å². The van der Waals surface area contributed by atoms with Gasteiger partial charge in [0.2, 0.25) is 5.91 Å². The van der Waals surface area contributed by atoms with Gasteiger partial charge in [-0.25, -0.2) is 0 Å². The van der Waals surface area contributed by atoms with E-state index in [2.05, 4.69) is 13.5 Å². The molecule has 0 spiro atoms. The molecule has 0 atom stereocenters. The van der Waals surface area contributed by atoms with E-state index >= 15 is 0 Å². The Labute approximate surface area is 138 Å². The highest BCUT2D eigenvalue weighted by atomic mass is 16.5. The minimum atomic E-state index is -0.220. The van der Waals surface area contributed by atoms with Crippen molar-refractivity contribution in [2.75, 3.05) is 6.61 Å². The van der Waals surface area contributed by atoms with Crippen molar-refractivity contribution in [1.29, 1.82) is 0 Å². The van der Waals surface area contributed by atoms with Crippen LogP contribution in [0.1, 0.15) is 44.6 Å². The van der Waals surface area contributed by atoms with Crippen LogP contribution in [0.5, 0.6) is 5.75 Å². The summed E-state index contributed by atoms with van der Waals surface area (Å²) >= 11 is 0. The molecule has 1 fully saturated rings. The number of ether oxygens (including phenoxy) is 1. The maximum Gasteiger partial charge on any atom is 0.246 e. The van der Waals surface area contributed by atoms with Gasteiger partial charge < -0.3 is 14.7 Å². The van der Waals surface area contributed by atoms with Crippen LogP contribution in [0.3, 0.4) is 0 Å². The lowest BCUT2D eigenvalue weighted by atomic mass is 9.91. The molecule has 126 valence electrons. The molecule has 1 aliphatic carbocycles. The first-order valence-electron chi connectivity index (χ1n) is 8.47. The number of aliphatic hydroxyl groups excluding tert-OH is 1. The Bertz CT molecular complexity index is 504. The summed E-state index contributed by atoms with van der Waals surface area (Å²) in [5, 5.41) is 9.66. The Morgan fingerprint density at radius 3 is 2.52 bits per heavy atom. The summed E-state index contributed by atoms with van der Waals surface area (Å²) < 4.78 is 5.59. The van der Waals surface area contributed by atoms with Gasteiger partial charge in [-0.15, -0.1) is 0 Å². The number of nitrogens with zero attached hydrogens (tertiary/aromatic N) is 1. The highest BCUT2D eigenvalue weighted by Gasteiger charge is 2.27. The first-order valence-corrected chi connectivity index (χ1v) is 8.47. The molecule has 0 bridgehead atoms. The predicted molar refractivity (Wildman–Crippen MR) is 91.2 cm³/mol. The fraction of sp³-hybridized carbons (Fsp3) is 0.526. The van der Waals surface area contributed by atoms with E-state index in [1.165, 1.54) is 6.08 Å². The highest BCUT2D eigenvalue weighted by Crippen LogP contribution is 2.25. The summed E-state index contributed by atoms with van der Waals surface area (Å²) in [6.45, 7) is 6.98. The normalized spacial score (nSPS) is 20.8. The van der Waals surface area contributed by atoms with Crippen LogP contribution in [0.4, 0.5) is 0 Å². The van der Waals surface area contributed by atoms with Gasteiger partial charge in [-0.3, -0.25) is 4.79 Å². The molecule has 0 saturated heterocycles. The van der Waals surface area contributed by atoms with Crippen molar-refractivity contribution >= 4 is 5.91 Å². The third-order valence-corrected chi connectivity index (χ3v) is 4.31. The number of rotatable bonds is 7. The molecular weight excluding hydrogens is 290 g/mol. The van der Waals surface area contributed by atoms with E-state index in [4.69, 9.17) is 4.74 Å². The molecule has 0 aliphatic heterocycles. The van der Waals surface area contributed by atoms with Gasteiger partial charge in [0.25, 0.3) is 0 Å². The molecule has 23 heavy (non-hydrogen) atoms. The van der Waals surface area contributed by atoms with Crippen LogP contribution in [0.25, 0.3) is 0 Å². The molecule has 1 aliphatic rings. The summed E-state index contributed by atoms with van der Waals surface area (Å²) in [6, 6.07) is 8.09. The molecule has 1 aromatic rings. The number of hydrogen-bond acceptors (Lipinski definition) is 3. The summed E-state index contributed by atoms with van der Waals surface area (Å²) in [4.78, 5) is 14.1. The van der Waals surface area contributed by atoms with E-state index in [0.29, 0.717) is 13.2 Å². The summed E-state index contributed by atoms with van der Waals surface area (Å²) in [7, 11) is 0. The maximum atomic E-state index is 12.2. The number of carbonyl (C=O) groups is 1. The molecule has 0 radical (unpaired) electrons. The monoisotopic (exact) mass is 317 g/mol. The average Bonchev–Trinajstić information content (AvgIpc) is 2.59. The molecule has 4 nitrogen and oxygen atoms in total. The van der Waals surface area contributed by atoms with Gasteiger partial charge in [0.05, 0.1) is 12.7 Å². The molecule has 4 heteroatoms. The quantitative estimate of drug-likeness (QED) is 0.785. The van der Waals surface area contributed by atoms with Crippen LogP contribution < -0.4 is 4.74 Å². The second kappa shape index (κ2) is 8.73. The van der Waals surface area contributed by atoms with Crippen LogP contribution in [-0.2, 0) is 11.3 Å². The SMILES string of the molecule is C=CC(=O)N(Cc1ccc(OCCC)cc1)C1CCC(O)CC1. The zero-order chi connectivity index (χ0) is 16.7. The van der Waals surface area contributed by atoms with E-state index in [0.717, 1.165) is 43.4 Å². The largest absolute Gasteiger partial charge is 0.494 e. The fourth-order valence-corrected chi connectivity index (χ4v) is 2.98. The Morgan fingerprint density at radius 2 is 1.96 bits per heavy atom. The predicted octanol–water partition coefficient (Wildman–Crippen LogP) is 3.29. The van der Waals surface area contributed by atoms with Crippen molar-refractivity contribution in [2.24, 2.45) is 0 Å². The third-order valence-electron chi connectivity index (χ3n) is 4.31. The van der Waals surface area contributed by atoms with Gasteiger partial charge in [0, 0.05) is 12.6 Å². The molecule has 0 unspecified atom stereocenters. The molecule has 1 amide bonds. The van der Waals surface area contributed by atoms with Crippen molar-refractivity contribution < 1.29 is 14.6 Å². The summed E-state index contributed by atoms with van der Waals surface area (Å²) in [6.07, 6.45) is 5.35. The highest BCUT2D eigenvalue weighted by molar-refractivity contribution is 5.87. The van der Waals surface area contributed by atoms with Crippen LogP contribution >= 0.6 is 0 Å². The number of carbonyl (C=O) groups excluding carboxylic acids is 1. The summed E-state index contributed by atoms with van der Waals surface area (Å²) in [5.41, 5.74) is 1.08. The Hall–Kier alpha value is -1.81. The lowest BCUT2D eigenvalue weighted by Gasteiger charge is -2.35. The molecule has 2 rings (SSSR count). The number of amides is 1. The number of hydrogen-bond donors (Lipinski definition) is 1. The Kier molecular flexibility index (Phi) is 6.66. The van der Waals surface area contributed by atoms with Crippen molar-refractivity contribution in [3.8, 4) is 5.75 Å². The molecule has 1 N–H and O–H groups in total. The van der Waals surface area contributed by atoms with Crippen molar-refractivity contribution in [3.63, 3.8) is 0 Å². The molecule has 0 heterocycles. The van der Waals surface area contributed by atoms with Crippen molar-refractivity contribution in [2.45, 2.75) is 57.7 Å². The first-order chi connectivity index (χ1) is 11.1. The lowest BCUT2D eigenvalue weighted by Crippen LogP contribution is -2.41. The lowest BCUT2D eigenvalue weighted by molar-refractivity contribution is -0.130. The van der Waals surface area contributed by atoms with Crippen LogP contribution in [0.2, 0.25) is 0 Å². The van der Waals surface area contributed by atoms with E-state index < -0.39 is 0 Å². The van der Waals surface area contributed by atoms with Crippen molar-refractivity contribution in [3.05, 3.63) is 42.5 Å². The minimum Gasteiger partial charge on any atom is -0.494 e. The number of benzene rings is 1. The van der Waals surface area contributed by atoms with Crippen LogP contribution in [0.15, 0.2) is 36.9 Å². The molecule has 1 aromatic carbocycles. The van der Waals surface area contributed by atoms with Gasteiger partial charge in [-0.05, 0) is 55.9 Å². The minimum absolute atomic E-state index is 0.0438. The average molecular weight is 317 g/mol. The number of aliphatic hydroxyl groups is 1.